The molecule has 2 rings (SSSR count). The Morgan fingerprint density at radius 2 is 2.11 bits per heavy atom. The second kappa shape index (κ2) is 5.98. The maximum atomic E-state index is 11.9. The molecule has 1 saturated heterocycles. The van der Waals surface area contributed by atoms with Crippen LogP contribution in [0, 0.1) is 5.92 Å². The smallest absolute Gasteiger partial charge is 0.251 e. The molecule has 2 atom stereocenters. The Labute approximate surface area is 108 Å². The summed E-state index contributed by atoms with van der Waals surface area (Å²) in [5.74, 6) is 0.0651. The number of nitrogens with one attached hydrogen (secondary N) is 1. The van der Waals surface area contributed by atoms with E-state index < -0.39 is 0 Å². The van der Waals surface area contributed by atoms with Gasteiger partial charge >= 0.3 is 0 Å². The minimum absolute atomic E-state index is 0.0715. The van der Waals surface area contributed by atoms with Crippen LogP contribution >= 0.6 is 0 Å². The molecule has 0 aromatic heterocycles. The van der Waals surface area contributed by atoms with Crippen LogP contribution in [0.15, 0.2) is 30.3 Å². The van der Waals surface area contributed by atoms with Gasteiger partial charge in [0.15, 0.2) is 0 Å². The van der Waals surface area contributed by atoms with Gasteiger partial charge in [0, 0.05) is 31.1 Å². The summed E-state index contributed by atoms with van der Waals surface area (Å²) >= 11 is 0. The fraction of sp³-hybridized carbons (Fsp3) is 0.500. The first-order valence-electron chi connectivity index (χ1n) is 6.44. The van der Waals surface area contributed by atoms with Crippen LogP contribution in [-0.4, -0.2) is 48.2 Å². The van der Waals surface area contributed by atoms with Gasteiger partial charge in [-0.15, -0.1) is 0 Å². The Morgan fingerprint density at radius 1 is 1.39 bits per heavy atom. The number of benzene rings is 1. The summed E-state index contributed by atoms with van der Waals surface area (Å²) in [5.41, 5.74) is 0.664. The molecular formula is C14H20N2O2. The number of nitrogens with zero attached hydrogens (tertiary/aromatic N) is 1. The topological polar surface area (TPSA) is 52.6 Å². The van der Waals surface area contributed by atoms with E-state index >= 15 is 0 Å². The van der Waals surface area contributed by atoms with Gasteiger partial charge in [0.05, 0.1) is 6.10 Å². The number of carbonyl (C=O) groups excluding carboxylic acids is 1. The summed E-state index contributed by atoms with van der Waals surface area (Å²) < 4.78 is 0. The van der Waals surface area contributed by atoms with Crippen molar-refractivity contribution in [1.29, 1.82) is 0 Å². The summed E-state index contributed by atoms with van der Waals surface area (Å²) in [6.45, 7) is 5.12. The van der Waals surface area contributed by atoms with Crippen molar-refractivity contribution in [3.05, 3.63) is 35.9 Å². The van der Waals surface area contributed by atoms with Crippen molar-refractivity contribution in [1.82, 2.24) is 10.2 Å². The van der Waals surface area contributed by atoms with E-state index in [9.17, 15) is 9.90 Å². The lowest BCUT2D eigenvalue weighted by molar-refractivity contribution is 0.0927. The van der Waals surface area contributed by atoms with Gasteiger partial charge < -0.3 is 15.3 Å². The van der Waals surface area contributed by atoms with Gasteiger partial charge in [-0.2, -0.15) is 0 Å². The van der Waals surface area contributed by atoms with Gasteiger partial charge in [0.1, 0.15) is 0 Å². The highest BCUT2D eigenvalue weighted by atomic mass is 16.3. The van der Waals surface area contributed by atoms with Crippen molar-refractivity contribution in [3.8, 4) is 0 Å². The Morgan fingerprint density at radius 3 is 2.72 bits per heavy atom. The number of likely N-dealkylation sites (N-methyl/N-ethyl adjacent to an activating group) is 1. The zero-order valence-electron chi connectivity index (χ0n) is 10.7. The lowest BCUT2D eigenvalue weighted by Crippen LogP contribution is -2.34. The van der Waals surface area contributed by atoms with Gasteiger partial charge in [-0.05, 0) is 18.7 Å². The van der Waals surface area contributed by atoms with Crippen molar-refractivity contribution >= 4 is 5.91 Å². The molecule has 0 radical (unpaired) electrons. The summed E-state index contributed by atoms with van der Waals surface area (Å²) in [5, 5.41) is 12.8. The molecule has 0 saturated carbocycles. The quantitative estimate of drug-likeness (QED) is 0.826. The van der Waals surface area contributed by atoms with E-state index in [0.717, 1.165) is 13.1 Å². The van der Waals surface area contributed by atoms with E-state index in [0.29, 0.717) is 18.7 Å². The Bertz CT molecular complexity index is 394. The monoisotopic (exact) mass is 248 g/mol. The van der Waals surface area contributed by atoms with Crippen molar-refractivity contribution in [2.75, 3.05) is 26.2 Å². The zero-order valence-corrected chi connectivity index (χ0v) is 10.7. The number of likely N-dealkylation sites (tertiary alicyclic amines) is 1. The average Bonchev–Trinajstić information content (AvgIpc) is 2.77. The lowest BCUT2D eigenvalue weighted by Gasteiger charge is -2.14. The molecule has 1 aliphatic heterocycles. The molecule has 1 aliphatic rings. The van der Waals surface area contributed by atoms with Gasteiger partial charge in [0.25, 0.3) is 5.91 Å². The Kier molecular flexibility index (Phi) is 4.33. The van der Waals surface area contributed by atoms with Crippen LogP contribution in [0.1, 0.15) is 17.3 Å². The molecule has 1 aromatic rings. The lowest BCUT2D eigenvalue weighted by atomic mass is 10.1. The van der Waals surface area contributed by atoms with Crippen molar-refractivity contribution in [2.45, 2.75) is 13.0 Å². The molecule has 0 aliphatic carbocycles. The molecule has 1 heterocycles. The van der Waals surface area contributed by atoms with Crippen LogP contribution in [0.4, 0.5) is 0 Å². The molecule has 18 heavy (non-hydrogen) atoms. The van der Waals surface area contributed by atoms with E-state index in [2.05, 4.69) is 17.1 Å². The number of hydrogen-bond acceptors (Lipinski definition) is 3. The molecule has 0 spiro atoms. The second-order valence-electron chi connectivity index (χ2n) is 4.76. The molecule has 4 nitrogen and oxygen atoms in total. The van der Waals surface area contributed by atoms with Crippen LogP contribution in [-0.2, 0) is 0 Å². The molecule has 1 aromatic carbocycles. The first-order chi connectivity index (χ1) is 8.70. The summed E-state index contributed by atoms with van der Waals surface area (Å²) in [4.78, 5) is 14.1. The summed E-state index contributed by atoms with van der Waals surface area (Å²) in [6, 6.07) is 9.16. The first-order valence-corrected chi connectivity index (χ1v) is 6.44. The molecule has 4 heteroatoms. The highest BCUT2D eigenvalue weighted by molar-refractivity contribution is 5.94. The standard InChI is InChI=1S/C14H20N2O2/c1-2-16-9-12(13(17)10-16)8-15-14(18)11-6-4-3-5-7-11/h3-7,12-13,17H,2,8-10H2,1H3,(H,15,18). The van der Waals surface area contributed by atoms with Crippen molar-refractivity contribution in [2.24, 2.45) is 5.92 Å². The molecule has 1 amide bonds. The molecule has 2 N–H and O–H groups in total. The van der Waals surface area contributed by atoms with Crippen LogP contribution in [0.2, 0.25) is 0 Å². The Hall–Kier alpha value is -1.39. The van der Waals surface area contributed by atoms with Gasteiger partial charge in [-0.3, -0.25) is 4.79 Å². The van der Waals surface area contributed by atoms with Crippen LogP contribution < -0.4 is 5.32 Å². The number of aliphatic hydroxyl groups is 1. The number of carbonyl (C=O) groups is 1. The third-order valence-electron chi connectivity index (χ3n) is 3.49. The Balaban J connectivity index is 1.83. The van der Waals surface area contributed by atoms with Gasteiger partial charge in [-0.1, -0.05) is 25.1 Å². The third-order valence-corrected chi connectivity index (χ3v) is 3.49. The number of aliphatic hydroxyl groups excluding tert-OH is 1. The molecule has 0 bridgehead atoms. The SMILES string of the molecule is CCN1CC(O)C(CNC(=O)c2ccccc2)C1. The van der Waals surface area contributed by atoms with Crippen molar-refractivity contribution in [3.63, 3.8) is 0 Å². The predicted molar refractivity (Wildman–Crippen MR) is 70.4 cm³/mol. The fourth-order valence-corrected chi connectivity index (χ4v) is 2.32. The van der Waals surface area contributed by atoms with Crippen LogP contribution in [0.5, 0.6) is 0 Å². The first kappa shape index (κ1) is 13.1. The molecule has 98 valence electrons. The van der Waals surface area contributed by atoms with Crippen LogP contribution in [0.25, 0.3) is 0 Å². The fourth-order valence-electron chi connectivity index (χ4n) is 2.32. The summed E-state index contributed by atoms with van der Waals surface area (Å²) in [7, 11) is 0. The van der Waals surface area contributed by atoms with E-state index in [1.165, 1.54) is 0 Å². The summed E-state index contributed by atoms with van der Waals surface area (Å²) in [6.07, 6.45) is -0.332. The number of amides is 1. The number of rotatable bonds is 4. The third kappa shape index (κ3) is 3.09. The second-order valence-corrected chi connectivity index (χ2v) is 4.76. The molecular weight excluding hydrogens is 228 g/mol. The zero-order chi connectivity index (χ0) is 13.0. The maximum Gasteiger partial charge on any atom is 0.251 e. The van der Waals surface area contributed by atoms with Gasteiger partial charge in [-0.25, -0.2) is 0 Å². The van der Waals surface area contributed by atoms with E-state index in [1.54, 1.807) is 12.1 Å². The van der Waals surface area contributed by atoms with Crippen LogP contribution in [0.3, 0.4) is 0 Å². The van der Waals surface area contributed by atoms with E-state index in [-0.39, 0.29) is 17.9 Å². The highest BCUT2D eigenvalue weighted by Gasteiger charge is 2.30. The molecule has 2 unspecified atom stereocenters. The number of hydrogen-bond donors (Lipinski definition) is 2. The minimum atomic E-state index is -0.332. The largest absolute Gasteiger partial charge is 0.391 e. The van der Waals surface area contributed by atoms with Crippen molar-refractivity contribution < 1.29 is 9.90 Å². The predicted octanol–water partition coefficient (Wildman–Crippen LogP) is 0.729. The van der Waals surface area contributed by atoms with E-state index in [1.807, 2.05) is 18.2 Å². The number of β-amino-alcohol motifs (C(OH)–C–C–N with tert-alkyl or cyclic N) is 1. The van der Waals surface area contributed by atoms with E-state index in [4.69, 9.17) is 0 Å². The molecule has 1 fully saturated rings. The van der Waals surface area contributed by atoms with Gasteiger partial charge in [0.2, 0.25) is 0 Å². The average molecular weight is 248 g/mol. The highest BCUT2D eigenvalue weighted by Crippen LogP contribution is 2.15. The maximum absolute atomic E-state index is 11.9. The normalized spacial score (nSPS) is 24.1. The minimum Gasteiger partial charge on any atom is -0.391 e.